The maximum Gasteiger partial charge on any atom is 0.208 e. The van der Waals surface area contributed by atoms with Gasteiger partial charge in [-0.2, -0.15) is 0 Å². The number of hydrogen-bond acceptors (Lipinski definition) is 4. The predicted molar refractivity (Wildman–Crippen MR) is 77.7 cm³/mol. The Bertz CT molecular complexity index is 726. The van der Waals surface area contributed by atoms with Crippen molar-refractivity contribution >= 4 is 22.6 Å². The number of benzene rings is 1. The zero-order valence-electron chi connectivity index (χ0n) is 11.4. The first-order chi connectivity index (χ1) is 9.65. The fraction of sp³-hybridized carbons (Fsp3) is 0.267. The van der Waals surface area contributed by atoms with Crippen molar-refractivity contribution in [2.45, 2.75) is 26.9 Å². The van der Waals surface area contributed by atoms with Crippen LogP contribution in [-0.4, -0.2) is 4.98 Å². The highest BCUT2D eigenvalue weighted by molar-refractivity contribution is 6.30. The Balaban J connectivity index is 1.72. The van der Waals surface area contributed by atoms with Gasteiger partial charge in [0.1, 0.15) is 11.3 Å². The standard InChI is InChI=1S/C15H15ClN2O2/c1-9-10(2)19-14(18-9)8-17-7-12-11-5-3-4-6-13(11)20-15(12)16/h3-6,17H,7-8H2,1-2H3. The number of oxazole rings is 1. The van der Waals surface area contributed by atoms with Crippen LogP contribution >= 0.6 is 11.6 Å². The van der Waals surface area contributed by atoms with Crippen molar-refractivity contribution in [2.24, 2.45) is 0 Å². The summed E-state index contributed by atoms with van der Waals surface area (Å²) in [5.74, 6) is 1.54. The second-order valence-electron chi connectivity index (χ2n) is 4.70. The van der Waals surface area contributed by atoms with Crippen molar-refractivity contribution in [3.8, 4) is 0 Å². The second kappa shape index (κ2) is 5.31. The molecule has 0 aliphatic carbocycles. The third-order valence-corrected chi connectivity index (χ3v) is 3.61. The summed E-state index contributed by atoms with van der Waals surface area (Å²) in [6.45, 7) is 5.01. The molecule has 0 atom stereocenters. The molecule has 3 aromatic rings. The van der Waals surface area contributed by atoms with E-state index >= 15 is 0 Å². The summed E-state index contributed by atoms with van der Waals surface area (Å²) in [7, 11) is 0. The SMILES string of the molecule is Cc1nc(CNCc2c(Cl)oc3ccccc23)oc1C. The van der Waals surface area contributed by atoms with E-state index in [0.717, 1.165) is 28.0 Å². The summed E-state index contributed by atoms with van der Waals surface area (Å²) in [6.07, 6.45) is 0. The third kappa shape index (κ3) is 2.44. The van der Waals surface area contributed by atoms with Crippen LogP contribution in [0.1, 0.15) is 22.9 Å². The average molecular weight is 291 g/mol. The maximum absolute atomic E-state index is 6.13. The topological polar surface area (TPSA) is 51.2 Å². The average Bonchev–Trinajstić information content (AvgIpc) is 2.91. The number of para-hydroxylation sites is 1. The monoisotopic (exact) mass is 290 g/mol. The van der Waals surface area contributed by atoms with E-state index in [-0.39, 0.29) is 0 Å². The highest BCUT2D eigenvalue weighted by Crippen LogP contribution is 2.29. The van der Waals surface area contributed by atoms with Crippen molar-refractivity contribution in [3.05, 3.63) is 52.4 Å². The molecule has 0 fully saturated rings. The summed E-state index contributed by atoms with van der Waals surface area (Å²) >= 11 is 6.13. The fourth-order valence-electron chi connectivity index (χ4n) is 2.14. The largest absolute Gasteiger partial charge is 0.444 e. The van der Waals surface area contributed by atoms with Crippen molar-refractivity contribution < 1.29 is 8.83 Å². The summed E-state index contributed by atoms with van der Waals surface area (Å²) in [6, 6.07) is 7.81. The lowest BCUT2D eigenvalue weighted by molar-refractivity contribution is 0.448. The quantitative estimate of drug-likeness (QED) is 0.789. The highest BCUT2D eigenvalue weighted by Gasteiger charge is 2.12. The van der Waals surface area contributed by atoms with Gasteiger partial charge >= 0.3 is 0 Å². The number of nitrogens with zero attached hydrogens (tertiary/aromatic N) is 1. The molecule has 0 aliphatic rings. The number of aromatic nitrogens is 1. The van der Waals surface area contributed by atoms with E-state index in [9.17, 15) is 0 Å². The number of aryl methyl sites for hydroxylation is 2. The smallest absolute Gasteiger partial charge is 0.208 e. The normalized spacial score (nSPS) is 11.3. The van der Waals surface area contributed by atoms with Gasteiger partial charge in [0.2, 0.25) is 5.89 Å². The Hall–Kier alpha value is -1.78. The van der Waals surface area contributed by atoms with Gasteiger partial charge in [0.15, 0.2) is 5.22 Å². The van der Waals surface area contributed by atoms with Gasteiger partial charge in [-0.25, -0.2) is 4.98 Å². The molecule has 0 amide bonds. The molecule has 0 radical (unpaired) electrons. The first kappa shape index (κ1) is 13.2. The Morgan fingerprint density at radius 1 is 1.15 bits per heavy atom. The van der Waals surface area contributed by atoms with Crippen LogP contribution < -0.4 is 5.32 Å². The van der Waals surface area contributed by atoms with Gasteiger partial charge in [0.25, 0.3) is 0 Å². The Morgan fingerprint density at radius 3 is 2.70 bits per heavy atom. The molecule has 2 heterocycles. The molecule has 0 saturated carbocycles. The van der Waals surface area contributed by atoms with E-state index in [1.807, 2.05) is 38.1 Å². The van der Waals surface area contributed by atoms with Gasteiger partial charge in [-0.1, -0.05) is 18.2 Å². The van der Waals surface area contributed by atoms with E-state index < -0.39 is 0 Å². The van der Waals surface area contributed by atoms with Crippen LogP contribution in [0.15, 0.2) is 33.1 Å². The van der Waals surface area contributed by atoms with Crippen LogP contribution in [0, 0.1) is 13.8 Å². The Morgan fingerprint density at radius 2 is 1.95 bits per heavy atom. The first-order valence-corrected chi connectivity index (χ1v) is 6.82. The first-order valence-electron chi connectivity index (χ1n) is 6.44. The third-order valence-electron chi connectivity index (χ3n) is 3.30. The van der Waals surface area contributed by atoms with Crippen LogP contribution in [0.25, 0.3) is 11.0 Å². The number of hydrogen-bond donors (Lipinski definition) is 1. The molecule has 5 heteroatoms. The van der Waals surface area contributed by atoms with E-state index in [0.29, 0.717) is 24.2 Å². The van der Waals surface area contributed by atoms with E-state index in [2.05, 4.69) is 10.3 Å². The lowest BCUT2D eigenvalue weighted by atomic mass is 10.2. The molecule has 3 rings (SSSR count). The molecule has 104 valence electrons. The molecule has 0 aliphatic heterocycles. The second-order valence-corrected chi connectivity index (χ2v) is 5.05. The van der Waals surface area contributed by atoms with E-state index in [1.54, 1.807) is 0 Å². The van der Waals surface area contributed by atoms with Crippen molar-refractivity contribution in [3.63, 3.8) is 0 Å². The zero-order valence-corrected chi connectivity index (χ0v) is 12.1. The molecule has 0 bridgehead atoms. The fourth-order valence-corrected chi connectivity index (χ4v) is 2.39. The number of furan rings is 1. The van der Waals surface area contributed by atoms with Crippen LogP contribution in [0.5, 0.6) is 0 Å². The molecule has 1 N–H and O–H groups in total. The molecule has 20 heavy (non-hydrogen) atoms. The minimum absolute atomic E-state index is 0.429. The summed E-state index contributed by atoms with van der Waals surface area (Å²) in [5.41, 5.74) is 2.69. The molecule has 0 spiro atoms. The zero-order chi connectivity index (χ0) is 14.1. The van der Waals surface area contributed by atoms with Crippen LogP contribution in [-0.2, 0) is 13.1 Å². The lowest BCUT2D eigenvalue weighted by Crippen LogP contribution is -2.12. The van der Waals surface area contributed by atoms with Crippen LogP contribution in [0.2, 0.25) is 5.22 Å². The Kier molecular flexibility index (Phi) is 3.51. The molecule has 4 nitrogen and oxygen atoms in total. The lowest BCUT2D eigenvalue weighted by Gasteiger charge is -2.01. The van der Waals surface area contributed by atoms with Gasteiger partial charge in [-0.15, -0.1) is 0 Å². The minimum Gasteiger partial charge on any atom is -0.444 e. The molecule has 2 aromatic heterocycles. The van der Waals surface area contributed by atoms with Crippen molar-refractivity contribution in [1.29, 1.82) is 0 Å². The molecule has 0 saturated heterocycles. The van der Waals surface area contributed by atoms with E-state index in [4.69, 9.17) is 20.4 Å². The summed E-state index contributed by atoms with van der Waals surface area (Å²) < 4.78 is 11.0. The molecular weight excluding hydrogens is 276 g/mol. The molecular formula is C15H15ClN2O2. The number of rotatable bonds is 4. The number of nitrogens with one attached hydrogen (secondary N) is 1. The summed E-state index contributed by atoms with van der Waals surface area (Å²) in [4.78, 5) is 4.33. The van der Waals surface area contributed by atoms with Gasteiger partial charge in [-0.05, 0) is 31.5 Å². The van der Waals surface area contributed by atoms with E-state index in [1.165, 1.54) is 0 Å². The highest BCUT2D eigenvalue weighted by atomic mass is 35.5. The van der Waals surface area contributed by atoms with Gasteiger partial charge in [0.05, 0.1) is 12.2 Å². The molecule has 1 aromatic carbocycles. The van der Waals surface area contributed by atoms with Gasteiger partial charge in [-0.3, -0.25) is 0 Å². The van der Waals surface area contributed by atoms with Crippen molar-refractivity contribution in [1.82, 2.24) is 10.3 Å². The number of halogens is 1. The Labute approximate surface area is 121 Å². The van der Waals surface area contributed by atoms with Crippen molar-refractivity contribution in [2.75, 3.05) is 0 Å². The van der Waals surface area contributed by atoms with Gasteiger partial charge in [0, 0.05) is 17.5 Å². The molecule has 0 unspecified atom stereocenters. The van der Waals surface area contributed by atoms with Crippen LogP contribution in [0.4, 0.5) is 0 Å². The predicted octanol–water partition coefficient (Wildman–Crippen LogP) is 3.98. The van der Waals surface area contributed by atoms with Gasteiger partial charge < -0.3 is 14.2 Å². The number of fused-ring (bicyclic) bond motifs is 1. The maximum atomic E-state index is 6.13. The summed E-state index contributed by atoms with van der Waals surface area (Å²) in [5, 5.41) is 4.74. The minimum atomic E-state index is 0.429. The van der Waals surface area contributed by atoms with Crippen LogP contribution in [0.3, 0.4) is 0 Å².